The van der Waals surface area contributed by atoms with Crippen LogP contribution in [0.5, 0.6) is 11.5 Å². The van der Waals surface area contributed by atoms with E-state index in [-0.39, 0.29) is 12.2 Å². The van der Waals surface area contributed by atoms with Crippen LogP contribution in [0.1, 0.15) is 6.42 Å². The highest BCUT2D eigenvalue weighted by Crippen LogP contribution is 2.36. The van der Waals surface area contributed by atoms with E-state index in [1.807, 2.05) is 24.3 Å². The van der Waals surface area contributed by atoms with Crippen molar-refractivity contribution >= 4 is 15.9 Å². The van der Waals surface area contributed by atoms with E-state index < -0.39 is 0 Å². The zero-order valence-electron chi connectivity index (χ0n) is 9.35. The second-order valence-electron chi connectivity index (χ2n) is 3.76. The average molecular weight is 287 g/mol. The first-order valence-electron chi connectivity index (χ1n) is 5.22. The van der Waals surface area contributed by atoms with Crippen molar-refractivity contribution in [1.82, 2.24) is 0 Å². The summed E-state index contributed by atoms with van der Waals surface area (Å²) in [5.41, 5.74) is 0. The molecule has 1 aliphatic rings. The molecule has 3 atom stereocenters. The van der Waals surface area contributed by atoms with Gasteiger partial charge in [-0.1, -0.05) is 28.1 Å². The summed E-state index contributed by atoms with van der Waals surface area (Å²) < 4.78 is 16.4. The molecule has 0 aliphatic heterocycles. The first-order chi connectivity index (χ1) is 7.76. The first kappa shape index (κ1) is 11.7. The van der Waals surface area contributed by atoms with Crippen molar-refractivity contribution in [2.24, 2.45) is 0 Å². The fourth-order valence-corrected chi connectivity index (χ4v) is 2.75. The summed E-state index contributed by atoms with van der Waals surface area (Å²) >= 11 is 3.54. The predicted octanol–water partition coefficient (Wildman–Crippen LogP) is 2.62. The van der Waals surface area contributed by atoms with E-state index in [1.165, 1.54) is 0 Å². The van der Waals surface area contributed by atoms with Crippen molar-refractivity contribution in [3.8, 4) is 11.5 Å². The molecule has 0 saturated heterocycles. The largest absolute Gasteiger partial charge is 0.493 e. The standard InChI is InChI=1S/C12H15BrO3/c1-14-9-5-3-4-6-10(9)16-11-7-8(13)12(11)15-2/h3-6,8,11-12H,7H2,1-2H3. The van der Waals surface area contributed by atoms with Gasteiger partial charge >= 0.3 is 0 Å². The van der Waals surface area contributed by atoms with E-state index in [2.05, 4.69) is 15.9 Å². The molecule has 0 N–H and O–H groups in total. The van der Waals surface area contributed by atoms with Crippen LogP contribution in [0.15, 0.2) is 24.3 Å². The molecule has 88 valence electrons. The Labute approximate surface area is 104 Å². The van der Waals surface area contributed by atoms with E-state index >= 15 is 0 Å². The number of hydrogen-bond donors (Lipinski definition) is 0. The number of halogens is 1. The second kappa shape index (κ2) is 5.06. The number of rotatable bonds is 4. The van der Waals surface area contributed by atoms with Gasteiger partial charge in [0.05, 0.1) is 7.11 Å². The molecule has 2 rings (SSSR count). The van der Waals surface area contributed by atoms with E-state index in [0.717, 1.165) is 17.9 Å². The monoisotopic (exact) mass is 286 g/mol. The van der Waals surface area contributed by atoms with Gasteiger partial charge in [-0.2, -0.15) is 0 Å². The van der Waals surface area contributed by atoms with Crippen LogP contribution in [-0.2, 0) is 4.74 Å². The van der Waals surface area contributed by atoms with Gasteiger partial charge in [0.25, 0.3) is 0 Å². The van der Waals surface area contributed by atoms with Gasteiger partial charge in [-0.05, 0) is 12.1 Å². The van der Waals surface area contributed by atoms with Gasteiger partial charge in [-0.3, -0.25) is 0 Å². The average Bonchev–Trinajstić information content (AvgIpc) is 2.29. The normalized spacial score (nSPS) is 28.3. The molecule has 1 aromatic carbocycles. The van der Waals surface area contributed by atoms with Crippen LogP contribution in [0, 0.1) is 0 Å². The van der Waals surface area contributed by atoms with Crippen LogP contribution in [0.2, 0.25) is 0 Å². The zero-order chi connectivity index (χ0) is 11.5. The Morgan fingerprint density at radius 3 is 2.44 bits per heavy atom. The number of benzene rings is 1. The van der Waals surface area contributed by atoms with Crippen molar-refractivity contribution in [2.45, 2.75) is 23.5 Å². The molecule has 1 fully saturated rings. The van der Waals surface area contributed by atoms with Crippen LogP contribution < -0.4 is 9.47 Å². The van der Waals surface area contributed by atoms with Gasteiger partial charge in [0.15, 0.2) is 11.5 Å². The summed E-state index contributed by atoms with van der Waals surface area (Å²) in [4.78, 5) is 0.386. The topological polar surface area (TPSA) is 27.7 Å². The zero-order valence-corrected chi connectivity index (χ0v) is 10.9. The summed E-state index contributed by atoms with van der Waals surface area (Å²) in [7, 11) is 3.35. The van der Waals surface area contributed by atoms with E-state index in [0.29, 0.717) is 4.83 Å². The van der Waals surface area contributed by atoms with Crippen LogP contribution in [-0.4, -0.2) is 31.3 Å². The lowest BCUT2D eigenvalue weighted by Gasteiger charge is -2.40. The van der Waals surface area contributed by atoms with Crippen LogP contribution >= 0.6 is 15.9 Å². The highest BCUT2D eigenvalue weighted by Gasteiger charge is 2.42. The fraction of sp³-hybridized carbons (Fsp3) is 0.500. The minimum Gasteiger partial charge on any atom is -0.493 e. The highest BCUT2D eigenvalue weighted by atomic mass is 79.9. The Kier molecular flexibility index (Phi) is 3.71. The van der Waals surface area contributed by atoms with Crippen LogP contribution in [0.25, 0.3) is 0 Å². The van der Waals surface area contributed by atoms with Gasteiger partial charge in [0.2, 0.25) is 0 Å². The molecule has 1 aromatic rings. The number of para-hydroxylation sites is 2. The third kappa shape index (κ3) is 2.18. The van der Waals surface area contributed by atoms with Gasteiger partial charge in [0, 0.05) is 18.4 Å². The molecule has 3 unspecified atom stereocenters. The van der Waals surface area contributed by atoms with E-state index in [1.54, 1.807) is 14.2 Å². The minimum absolute atomic E-state index is 0.102. The van der Waals surface area contributed by atoms with E-state index in [4.69, 9.17) is 14.2 Å². The van der Waals surface area contributed by atoms with Crippen LogP contribution in [0.3, 0.4) is 0 Å². The van der Waals surface area contributed by atoms with Crippen molar-refractivity contribution < 1.29 is 14.2 Å². The molecule has 16 heavy (non-hydrogen) atoms. The third-order valence-electron chi connectivity index (χ3n) is 2.80. The van der Waals surface area contributed by atoms with Crippen molar-refractivity contribution in [3.05, 3.63) is 24.3 Å². The summed E-state index contributed by atoms with van der Waals surface area (Å²) in [5.74, 6) is 1.53. The van der Waals surface area contributed by atoms with Gasteiger partial charge in [-0.25, -0.2) is 0 Å². The maximum Gasteiger partial charge on any atom is 0.161 e. The molecule has 1 saturated carbocycles. The maximum absolute atomic E-state index is 5.87. The lowest BCUT2D eigenvalue weighted by atomic mass is 9.91. The molecule has 0 amide bonds. The van der Waals surface area contributed by atoms with Gasteiger partial charge in [-0.15, -0.1) is 0 Å². The lowest BCUT2D eigenvalue weighted by molar-refractivity contribution is -0.0552. The van der Waals surface area contributed by atoms with Crippen LogP contribution in [0.4, 0.5) is 0 Å². The van der Waals surface area contributed by atoms with E-state index in [9.17, 15) is 0 Å². The van der Waals surface area contributed by atoms with Crippen molar-refractivity contribution in [1.29, 1.82) is 0 Å². The van der Waals surface area contributed by atoms with Crippen molar-refractivity contribution in [3.63, 3.8) is 0 Å². The molecular formula is C12H15BrO3. The Morgan fingerprint density at radius 2 is 1.88 bits per heavy atom. The number of methoxy groups -OCH3 is 2. The van der Waals surface area contributed by atoms with Gasteiger partial charge in [0.1, 0.15) is 12.2 Å². The predicted molar refractivity (Wildman–Crippen MR) is 65.5 cm³/mol. The molecule has 0 radical (unpaired) electrons. The molecule has 0 bridgehead atoms. The van der Waals surface area contributed by atoms with Gasteiger partial charge < -0.3 is 14.2 Å². The molecular weight excluding hydrogens is 272 g/mol. The Balaban J connectivity index is 2.04. The highest BCUT2D eigenvalue weighted by molar-refractivity contribution is 9.09. The molecule has 0 heterocycles. The molecule has 3 nitrogen and oxygen atoms in total. The quantitative estimate of drug-likeness (QED) is 0.797. The lowest BCUT2D eigenvalue weighted by Crippen LogP contribution is -2.51. The Bertz CT molecular complexity index is 356. The molecule has 1 aliphatic carbocycles. The third-order valence-corrected chi connectivity index (χ3v) is 3.69. The summed E-state index contributed by atoms with van der Waals surface area (Å²) in [6.45, 7) is 0. The maximum atomic E-state index is 5.87. The fourth-order valence-electron chi connectivity index (χ4n) is 1.82. The summed E-state index contributed by atoms with van der Waals surface area (Å²) in [6, 6.07) is 7.66. The first-order valence-corrected chi connectivity index (χ1v) is 6.14. The Morgan fingerprint density at radius 1 is 1.19 bits per heavy atom. The Hall–Kier alpha value is -0.740. The SMILES string of the molecule is COc1ccccc1OC1CC(Br)C1OC. The molecule has 0 spiro atoms. The number of alkyl halides is 1. The summed E-state index contributed by atoms with van der Waals surface area (Å²) in [6.07, 6.45) is 1.17. The number of hydrogen-bond acceptors (Lipinski definition) is 3. The minimum atomic E-state index is 0.102. The molecule has 0 aromatic heterocycles. The number of ether oxygens (including phenoxy) is 3. The second-order valence-corrected chi connectivity index (χ2v) is 4.94. The summed E-state index contributed by atoms with van der Waals surface area (Å²) in [5, 5.41) is 0. The smallest absolute Gasteiger partial charge is 0.161 e. The van der Waals surface area contributed by atoms with Crippen molar-refractivity contribution in [2.75, 3.05) is 14.2 Å². The molecule has 4 heteroatoms.